The van der Waals surface area contributed by atoms with Crippen molar-refractivity contribution in [2.45, 2.75) is 76.6 Å². The summed E-state index contributed by atoms with van der Waals surface area (Å²) in [6.45, 7) is 15.0. The Morgan fingerprint density at radius 1 is 0.508 bits per heavy atom. The highest BCUT2D eigenvalue weighted by atomic mass is 16.7. The highest BCUT2D eigenvalue weighted by Crippen LogP contribution is 2.32. The third-order valence-electron chi connectivity index (χ3n) is 9.30. The van der Waals surface area contributed by atoms with Crippen molar-refractivity contribution in [3.8, 4) is 23.0 Å². The van der Waals surface area contributed by atoms with Crippen LogP contribution in [0.1, 0.15) is 64.2 Å². The van der Waals surface area contributed by atoms with Gasteiger partial charge >= 0.3 is 35.8 Å². The topological polar surface area (TPSA) is 195 Å². The predicted octanol–water partition coefficient (Wildman–Crippen LogP) is 6.75. The molecule has 0 heterocycles. The minimum Gasteiger partial charge on any atom is -0.493 e. The Morgan fingerprint density at radius 3 is 1.48 bits per heavy atom. The van der Waals surface area contributed by atoms with Crippen LogP contribution in [0.4, 0.5) is 0 Å². The van der Waals surface area contributed by atoms with Gasteiger partial charge in [-0.05, 0) is 106 Å². The van der Waals surface area contributed by atoms with E-state index in [9.17, 15) is 28.8 Å². The molecule has 3 rings (SSSR count). The van der Waals surface area contributed by atoms with Gasteiger partial charge in [-0.15, -0.1) is 0 Å². The molecule has 0 radical (unpaired) electrons. The average Bonchev–Trinajstić information content (AvgIpc) is 3.30. The molecule has 16 heteroatoms. The van der Waals surface area contributed by atoms with Crippen molar-refractivity contribution in [2.75, 3.05) is 46.2 Å². The number of hydrogen-bond donors (Lipinski definition) is 0. The Bertz CT molecular complexity index is 1780. The van der Waals surface area contributed by atoms with Gasteiger partial charge in [-0.25, -0.2) is 19.2 Å². The second-order valence-electron chi connectivity index (χ2n) is 14.1. The molecule has 0 spiro atoms. The first-order valence-electron chi connectivity index (χ1n) is 20.9. The van der Waals surface area contributed by atoms with Crippen molar-refractivity contribution >= 4 is 35.8 Å². The van der Waals surface area contributed by atoms with E-state index in [1.165, 1.54) is 0 Å². The lowest BCUT2D eigenvalue weighted by atomic mass is 9.82. The maximum atomic E-state index is 13.0. The van der Waals surface area contributed by atoms with Gasteiger partial charge in [-0.3, -0.25) is 9.59 Å². The van der Waals surface area contributed by atoms with Crippen molar-refractivity contribution in [3.05, 3.63) is 99.2 Å². The zero-order valence-corrected chi connectivity index (χ0v) is 35.6. The third kappa shape index (κ3) is 21.4. The normalized spacial score (nSPS) is 15.2. The van der Waals surface area contributed by atoms with E-state index in [0.29, 0.717) is 87.6 Å². The molecule has 16 nitrogen and oxygen atoms in total. The van der Waals surface area contributed by atoms with Crippen LogP contribution >= 0.6 is 0 Å². The van der Waals surface area contributed by atoms with Crippen molar-refractivity contribution in [1.82, 2.24) is 0 Å². The Morgan fingerprint density at radius 2 is 0.952 bits per heavy atom. The minimum absolute atomic E-state index is 0.000765. The maximum Gasteiger partial charge on any atom is 0.332 e. The van der Waals surface area contributed by atoms with Gasteiger partial charge in [0.2, 0.25) is 6.29 Å². The highest BCUT2D eigenvalue weighted by molar-refractivity contribution is 5.82. The standard InChI is InChI=1S/C47H58O16/c1-5-41(48)56-28-10-9-11-30-58-45(63-44(51)8-4)26-31-55-36-18-22-38(23-19-36)61-46(52)34-14-16-35(17-15-34)47(53)62-39-24-20-37(21-25-39)59-33-40(60-43(50)7-3)32-54-27-12-13-29-57-42(49)6-2/h5-8,18-25,34-35,40,45H,1-4,9-17,26-33H2. The van der Waals surface area contributed by atoms with Crippen LogP contribution in [0.15, 0.2) is 99.2 Å². The van der Waals surface area contributed by atoms with Gasteiger partial charge in [0.15, 0.2) is 6.10 Å². The number of esters is 6. The molecular formula is C47H58O16. The zero-order chi connectivity index (χ0) is 45.7. The van der Waals surface area contributed by atoms with E-state index < -0.39 is 42.2 Å². The fraction of sp³-hybridized carbons (Fsp3) is 0.447. The van der Waals surface area contributed by atoms with Gasteiger partial charge in [-0.1, -0.05) is 26.3 Å². The summed E-state index contributed by atoms with van der Waals surface area (Å²) in [5.41, 5.74) is 0. The molecule has 1 saturated carbocycles. The molecule has 1 fully saturated rings. The Kier molecular flexibility index (Phi) is 24.2. The molecule has 342 valence electrons. The molecule has 0 aromatic heterocycles. The Hall–Kier alpha value is -6.26. The van der Waals surface area contributed by atoms with Crippen molar-refractivity contribution in [3.63, 3.8) is 0 Å². The number of carbonyl (C=O) groups excluding carboxylic acids is 6. The SMILES string of the molecule is C=CC(=O)OCCCCCOC(CCOc1ccc(OC(=O)C2CCC(C(=O)Oc3ccc(OCC(COCCCCOC(=O)C=C)OC(=O)C=C)cc3)CC2)cc1)OC(=O)C=C. The largest absolute Gasteiger partial charge is 0.493 e. The summed E-state index contributed by atoms with van der Waals surface area (Å²) < 4.78 is 54.6. The summed E-state index contributed by atoms with van der Waals surface area (Å²) in [7, 11) is 0. The van der Waals surface area contributed by atoms with Crippen molar-refractivity contribution in [1.29, 1.82) is 0 Å². The first kappa shape index (κ1) is 51.1. The van der Waals surface area contributed by atoms with Crippen LogP contribution in [-0.2, 0) is 57.2 Å². The summed E-state index contributed by atoms with van der Waals surface area (Å²) in [5.74, 6) is -2.09. The van der Waals surface area contributed by atoms with Crippen molar-refractivity contribution < 1.29 is 76.1 Å². The lowest BCUT2D eigenvalue weighted by Gasteiger charge is -2.25. The molecule has 1 aliphatic carbocycles. The first-order valence-corrected chi connectivity index (χ1v) is 20.9. The smallest absolute Gasteiger partial charge is 0.332 e. The molecule has 0 saturated heterocycles. The molecule has 0 aliphatic heterocycles. The number of benzene rings is 2. The van der Waals surface area contributed by atoms with Gasteiger partial charge in [0.05, 0.1) is 44.9 Å². The summed E-state index contributed by atoms with van der Waals surface area (Å²) in [4.78, 5) is 71.8. The third-order valence-corrected chi connectivity index (χ3v) is 9.30. The molecule has 0 N–H and O–H groups in total. The van der Waals surface area contributed by atoms with E-state index in [0.717, 1.165) is 30.7 Å². The van der Waals surface area contributed by atoms with Gasteiger partial charge in [0, 0.05) is 37.3 Å². The van der Waals surface area contributed by atoms with E-state index in [1.54, 1.807) is 48.5 Å². The quantitative estimate of drug-likeness (QED) is 0.0193. The summed E-state index contributed by atoms with van der Waals surface area (Å²) >= 11 is 0. The summed E-state index contributed by atoms with van der Waals surface area (Å²) in [6, 6.07) is 13.0. The Balaban J connectivity index is 1.34. The van der Waals surface area contributed by atoms with Crippen LogP contribution in [0.25, 0.3) is 0 Å². The Labute approximate surface area is 368 Å². The fourth-order valence-electron chi connectivity index (χ4n) is 5.90. The molecule has 2 atom stereocenters. The molecule has 2 aromatic rings. The molecule has 2 unspecified atom stereocenters. The van der Waals surface area contributed by atoms with Crippen LogP contribution in [-0.4, -0.2) is 94.5 Å². The molecule has 0 bridgehead atoms. The molecular weight excluding hydrogens is 821 g/mol. The number of rotatable bonds is 31. The minimum atomic E-state index is -0.846. The second kappa shape index (κ2) is 29.9. The lowest BCUT2D eigenvalue weighted by Crippen LogP contribution is -2.30. The van der Waals surface area contributed by atoms with E-state index >= 15 is 0 Å². The van der Waals surface area contributed by atoms with Crippen LogP contribution in [0.2, 0.25) is 0 Å². The van der Waals surface area contributed by atoms with Gasteiger partial charge in [0.1, 0.15) is 29.6 Å². The zero-order valence-electron chi connectivity index (χ0n) is 35.6. The summed E-state index contributed by atoms with van der Waals surface area (Å²) in [5, 5.41) is 0. The number of hydrogen-bond acceptors (Lipinski definition) is 16. The van der Waals surface area contributed by atoms with Gasteiger partial charge in [-0.2, -0.15) is 0 Å². The van der Waals surface area contributed by atoms with Crippen LogP contribution in [0.5, 0.6) is 23.0 Å². The summed E-state index contributed by atoms with van der Waals surface area (Å²) in [6.07, 6.45) is 8.14. The second-order valence-corrected chi connectivity index (χ2v) is 14.1. The van der Waals surface area contributed by atoms with E-state index in [4.69, 9.17) is 47.4 Å². The van der Waals surface area contributed by atoms with Crippen molar-refractivity contribution in [2.24, 2.45) is 11.8 Å². The van der Waals surface area contributed by atoms with E-state index in [-0.39, 0.29) is 57.3 Å². The number of ether oxygens (including phenoxy) is 10. The molecule has 2 aromatic carbocycles. The average molecular weight is 879 g/mol. The molecule has 1 aliphatic rings. The van der Waals surface area contributed by atoms with E-state index in [1.807, 2.05) is 0 Å². The van der Waals surface area contributed by atoms with Crippen LogP contribution in [0.3, 0.4) is 0 Å². The highest BCUT2D eigenvalue weighted by Gasteiger charge is 2.32. The number of carbonyl (C=O) groups is 6. The molecule has 0 amide bonds. The fourth-order valence-corrected chi connectivity index (χ4v) is 5.90. The van der Waals surface area contributed by atoms with Crippen LogP contribution in [0, 0.1) is 11.8 Å². The molecule has 63 heavy (non-hydrogen) atoms. The number of unbranched alkanes of at least 4 members (excludes halogenated alkanes) is 3. The predicted molar refractivity (Wildman–Crippen MR) is 228 cm³/mol. The van der Waals surface area contributed by atoms with Crippen LogP contribution < -0.4 is 18.9 Å². The van der Waals surface area contributed by atoms with Gasteiger partial charge < -0.3 is 47.4 Å². The lowest BCUT2D eigenvalue weighted by molar-refractivity contribution is -0.175. The van der Waals surface area contributed by atoms with Gasteiger partial charge in [0.25, 0.3) is 0 Å². The van der Waals surface area contributed by atoms with E-state index in [2.05, 4.69) is 26.3 Å². The monoisotopic (exact) mass is 878 g/mol. The first-order chi connectivity index (χ1) is 30.5. The maximum absolute atomic E-state index is 13.0.